The molecule has 0 bridgehead atoms. The Balaban J connectivity index is 3.13. The van der Waals surface area contributed by atoms with Gasteiger partial charge in [0.25, 0.3) is 0 Å². The van der Waals surface area contributed by atoms with E-state index in [0.29, 0.717) is 0 Å². The molecular weight excluding hydrogens is 182 g/mol. The summed E-state index contributed by atoms with van der Waals surface area (Å²) < 4.78 is 0. The average Bonchev–Trinajstić information content (AvgIpc) is 2.17. The van der Waals surface area contributed by atoms with Crippen molar-refractivity contribution in [3.8, 4) is 0 Å². The van der Waals surface area contributed by atoms with Crippen LogP contribution in [0.15, 0.2) is 23.2 Å². The van der Waals surface area contributed by atoms with E-state index in [2.05, 4.69) is 57.6 Å². The molecule has 1 heteroatoms. The molecule has 1 aromatic rings. The largest absolute Gasteiger partial charge is 0.264 e. The van der Waals surface area contributed by atoms with Crippen molar-refractivity contribution in [1.29, 1.82) is 0 Å². The molecule has 0 unspecified atom stereocenters. The number of nitrogens with zero attached hydrogens (tertiary/aromatic N) is 1. The lowest BCUT2D eigenvalue weighted by Crippen LogP contribution is -2.10. The lowest BCUT2D eigenvalue weighted by molar-refractivity contribution is 0.590. The number of hydrogen-bond donors (Lipinski definition) is 0. The Morgan fingerprint density at radius 3 is 2.40 bits per heavy atom. The summed E-state index contributed by atoms with van der Waals surface area (Å²) in [7, 11) is 0. The Kier molecular flexibility index (Phi) is 3.67. The maximum atomic E-state index is 4.11. The van der Waals surface area contributed by atoms with Crippen LogP contribution < -0.4 is 0 Å². The van der Waals surface area contributed by atoms with Gasteiger partial charge in [-0.25, -0.2) is 0 Å². The predicted octanol–water partition coefficient (Wildman–Crippen LogP) is 4.27. The highest BCUT2D eigenvalue weighted by atomic mass is 14.7. The van der Waals surface area contributed by atoms with Crippen LogP contribution in [0.2, 0.25) is 0 Å². The molecule has 0 saturated heterocycles. The molecule has 0 aliphatic carbocycles. The monoisotopic (exact) mass is 203 g/mol. The fourth-order valence-electron chi connectivity index (χ4n) is 1.66. The molecule has 0 atom stereocenters. The molecule has 0 aromatic heterocycles. The van der Waals surface area contributed by atoms with Crippen molar-refractivity contribution in [2.45, 2.75) is 46.0 Å². The minimum Gasteiger partial charge on any atom is -0.264 e. The number of aliphatic imine (C=N–C) groups is 1. The van der Waals surface area contributed by atoms with Crippen molar-refractivity contribution in [2.24, 2.45) is 4.99 Å². The third-order valence-corrected chi connectivity index (χ3v) is 2.64. The molecule has 82 valence electrons. The van der Waals surface area contributed by atoms with Gasteiger partial charge in [-0.1, -0.05) is 46.2 Å². The zero-order chi connectivity index (χ0) is 11.5. The number of hydrogen-bond acceptors (Lipinski definition) is 1. The average molecular weight is 203 g/mol. The Labute approximate surface area is 93.2 Å². The SMILES string of the molecule is C=Nc1cc(C(C)(C)C)ccc1CCC. The highest BCUT2D eigenvalue weighted by molar-refractivity contribution is 5.54. The molecule has 0 fully saturated rings. The van der Waals surface area contributed by atoms with Gasteiger partial charge in [-0.2, -0.15) is 0 Å². The lowest BCUT2D eigenvalue weighted by atomic mass is 9.86. The summed E-state index contributed by atoms with van der Waals surface area (Å²) in [4.78, 5) is 4.11. The molecule has 0 N–H and O–H groups in total. The molecule has 0 spiro atoms. The van der Waals surface area contributed by atoms with Gasteiger partial charge in [0, 0.05) is 0 Å². The third kappa shape index (κ3) is 2.92. The van der Waals surface area contributed by atoms with Crippen LogP contribution in [-0.4, -0.2) is 6.72 Å². The minimum absolute atomic E-state index is 0.185. The summed E-state index contributed by atoms with van der Waals surface area (Å²) in [6, 6.07) is 6.56. The van der Waals surface area contributed by atoms with Gasteiger partial charge < -0.3 is 0 Å². The van der Waals surface area contributed by atoms with Gasteiger partial charge in [-0.05, 0) is 35.7 Å². The van der Waals surface area contributed by atoms with Gasteiger partial charge in [-0.3, -0.25) is 4.99 Å². The van der Waals surface area contributed by atoms with Crippen LogP contribution in [-0.2, 0) is 11.8 Å². The highest BCUT2D eigenvalue weighted by Crippen LogP contribution is 2.29. The first kappa shape index (κ1) is 12.0. The Hall–Kier alpha value is -1.11. The quantitative estimate of drug-likeness (QED) is 0.651. The summed E-state index contributed by atoms with van der Waals surface area (Å²) in [6.45, 7) is 12.5. The zero-order valence-electron chi connectivity index (χ0n) is 10.3. The van der Waals surface area contributed by atoms with Crippen LogP contribution >= 0.6 is 0 Å². The summed E-state index contributed by atoms with van der Waals surface area (Å²) in [6.07, 6.45) is 2.23. The summed E-state index contributed by atoms with van der Waals surface area (Å²) in [5.41, 5.74) is 3.86. The number of rotatable bonds is 3. The van der Waals surface area contributed by atoms with Crippen molar-refractivity contribution in [3.05, 3.63) is 29.3 Å². The normalized spacial score (nSPS) is 11.5. The zero-order valence-corrected chi connectivity index (χ0v) is 10.3. The molecule has 0 saturated carbocycles. The smallest absolute Gasteiger partial charge is 0.0657 e. The van der Waals surface area contributed by atoms with Crippen LogP contribution in [0.3, 0.4) is 0 Å². The van der Waals surface area contributed by atoms with Gasteiger partial charge in [0.2, 0.25) is 0 Å². The maximum absolute atomic E-state index is 4.11. The van der Waals surface area contributed by atoms with E-state index in [4.69, 9.17) is 0 Å². The second-order valence-electron chi connectivity index (χ2n) is 5.00. The molecule has 0 radical (unpaired) electrons. The second-order valence-corrected chi connectivity index (χ2v) is 5.00. The van der Waals surface area contributed by atoms with Crippen LogP contribution in [0.1, 0.15) is 45.2 Å². The van der Waals surface area contributed by atoms with Gasteiger partial charge >= 0.3 is 0 Å². The van der Waals surface area contributed by atoms with Crippen molar-refractivity contribution >= 4 is 12.4 Å². The summed E-state index contributed by atoms with van der Waals surface area (Å²) in [5.74, 6) is 0. The lowest BCUT2D eigenvalue weighted by Gasteiger charge is -2.20. The Bertz CT molecular complexity index is 345. The van der Waals surface area contributed by atoms with E-state index in [-0.39, 0.29) is 5.41 Å². The maximum Gasteiger partial charge on any atom is 0.0657 e. The van der Waals surface area contributed by atoms with Crippen LogP contribution in [0.25, 0.3) is 0 Å². The van der Waals surface area contributed by atoms with E-state index in [1.807, 2.05) is 0 Å². The first-order valence-electron chi connectivity index (χ1n) is 5.59. The molecule has 0 amide bonds. The van der Waals surface area contributed by atoms with Crippen molar-refractivity contribution < 1.29 is 0 Å². The van der Waals surface area contributed by atoms with Gasteiger partial charge in [0.05, 0.1) is 5.69 Å². The fourth-order valence-corrected chi connectivity index (χ4v) is 1.66. The molecule has 0 aliphatic rings. The fraction of sp³-hybridized carbons (Fsp3) is 0.500. The molecule has 0 heterocycles. The Morgan fingerprint density at radius 1 is 1.27 bits per heavy atom. The van der Waals surface area contributed by atoms with Crippen molar-refractivity contribution in [3.63, 3.8) is 0 Å². The molecule has 1 rings (SSSR count). The molecule has 1 aromatic carbocycles. The van der Waals surface area contributed by atoms with Crippen molar-refractivity contribution in [2.75, 3.05) is 0 Å². The van der Waals surface area contributed by atoms with E-state index in [1.165, 1.54) is 11.1 Å². The van der Waals surface area contributed by atoms with E-state index in [0.717, 1.165) is 18.5 Å². The standard InChI is InChI=1S/C14H21N/c1-6-7-11-8-9-12(14(2,3)4)10-13(11)15-5/h8-10H,5-7H2,1-4H3. The number of benzene rings is 1. The highest BCUT2D eigenvalue weighted by Gasteiger charge is 2.14. The molecule has 0 aliphatic heterocycles. The van der Waals surface area contributed by atoms with E-state index in [9.17, 15) is 0 Å². The first-order chi connectivity index (χ1) is 6.99. The van der Waals surface area contributed by atoms with Crippen molar-refractivity contribution in [1.82, 2.24) is 0 Å². The van der Waals surface area contributed by atoms with Crippen LogP contribution in [0.4, 0.5) is 5.69 Å². The molecular formula is C14H21N. The van der Waals surface area contributed by atoms with Gasteiger partial charge in [-0.15, -0.1) is 0 Å². The van der Waals surface area contributed by atoms with Crippen LogP contribution in [0, 0.1) is 0 Å². The first-order valence-corrected chi connectivity index (χ1v) is 5.59. The molecule has 15 heavy (non-hydrogen) atoms. The topological polar surface area (TPSA) is 12.4 Å². The van der Waals surface area contributed by atoms with Crippen LogP contribution in [0.5, 0.6) is 0 Å². The molecule has 1 nitrogen and oxygen atoms in total. The second kappa shape index (κ2) is 4.61. The van der Waals surface area contributed by atoms with Gasteiger partial charge in [0.1, 0.15) is 0 Å². The Morgan fingerprint density at radius 2 is 1.93 bits per heavy atom. The minimum atomic E-state index is 0.185. The van der Waals surface area contributed by atoms with E-state index < -0.39 is 0 Å². The van der Waals surface area contributed by atoms with E-state index >= 15 is 0 Å². The number of aryl methyl sites for hydroxylation is 1. The summed E-state index contributed by atoms with van der Waals surface area (Å²) in [5, 5.41) is 0. The third-order valence-electron chi connectivity index (χ3n) is 2.64. The van der Waals surface area contributed by atoms with Gasteiger partial charge in [0.15, 0.2) is 0 Å². The summed E-state index contributed by atoms with van der Waals surface area (Å²) >= 11 is 0. The predicted molar refractivity (Wildman–Crippen MR) is 68.3 cm³/mol. The van der Waals surface area contributed by atoms with E-state index in [1.54, 1.807) is 0 Å².